The van der Waals surface area contributed by atoms with Gasteiger partial charge in [0, 0.05) is 12.3 Å². The largest absolute Gasteiger partial charge is 0.382 e. The third-order valence-corrected chi connectivity index (χ3v) is 7.36. The molecule has 1 fully saturated rings. The van der Waals surface area contributed by atoms with Crippen molar-refractivity contribution in [2.24, 2.45) is 0 Å². The topological polar surface area (TPSA) is 133 Å². The Kier molecular flexibility index (Phi) is 4.21. The van der Waals surface area contributed by atoms with Gasteiger partial charge in [0.2, 0.25) is 16.0 Å². The van der Waals surface area contributed by atoms with Crippen molar-refractivity contribution in [2.45, 2.75) is 17.5 Å². The molecule has 1 aliphatic rings. The predicted molar refractivity (Wildman–Crippen MR) is 101 cm³/mol. The van der Waals surface area contributed by atoms with E-state index in [-0.39, 0.29) is 17.8 Å². The zero-order valence-electron chi connectivity index (χ0n) is 13.7. The highest BCUT2D eigenvalue weighted by Crippen LogP contribution is 2.30. The zero-order chi connectivity index (χ0) is 18.3. The van der Waals surface area contributed by atoms with E-state index in [0.717, 1.165) is 0 Å². The number of aromatic nitrogens is 4. The molecule has 26 heavy (non-hydrogen) atoms. The Bertz CT molecular complexity index is 1050. The molecule has 0 spiro atoms. The summed E-state index contributed by atoms with van der Waals surface area (Å²) in [4.78, 5) is 12.6. The number of rotatable bonds is 4. The van der Waals surface area contributed by atoms with Gasteiger partial charge in [0.1, 0.15) is 5.52 Å². The fourth-order valence-corrected chi connectivity index (χ4v) is 6.18. The molecule has 3 heterocycles. The highest BCUT2D eigenvalue weighted by Gasteiger charge is 2.36. The van der Waals surface area contributed by atoms with Crippen LogP contribution in [0.25, 0.3) is 11.2 Å². The average Bonchev–Trinajstić information content (AvgIpc) is 3.24. The fraction of sp³-hybridized carbons (Fsp3) is 0.267. The summed E-state index contributed by atoms with van der Waals surface area (Å²) in [5, 5.41) is 0. The van der Waals surface area contributed by atoms with Crippen LogP contribution in [0.15, 0.2) is 41.6 Å². The lowest BCUT2D eigenvalue weighted by Gasteiger charge is -2.23. The molecular weight excluding hydrogens is 374 g/mol. The van der Waals surface area contributed by atoms with Crippen LogP contribution >= 0.6 is 11.8 Å². The number of nitrogens with zero attached hydrogens (tertiary/aromatic N) is 5. The van der Waals surface area contributed by atoms with Crippen LogP contribution in [-0.2, 0) is 16.6 Å². The maximum absolute atomic E-state index is 13.0. The second-order valence-corrected chi connectivity index (χ2v) is 8.79. The van der Waals surface area contributed by atoms with Gasteiger partial charge in [-0.05, 0) is 12.1 Å². The van der Waals surface area contributed by atoms with Gasteiger partial charge in [-0.2, -0.15) is 14.3 Å². The summed E-state index contributed by atoms with van der Waals surface area (Å²) >= 11 is 1.58. The van der Waals surface area contributed by atoms with Gasteiger partial charge in [0.25, 0.3) is 0 Å². The van der Waals surface area contributed by atoms with Gasteiger partial charge in [0.15, 0.2) is 11.5 Å². The van der Waals surface area contributed by atoms with Gasteiger partial charge < -0.3 is 16.0 Å². The van der Waals surface area contributed by atoms with Gasteiger partial charge in [0.05, 0.1) is 23.1 Å². The summed E-state index contributed by atoms with van der Waals surface area (Å²) in [5.74, 6) is 1.36. The van der Waals surface area contributed by atoms with Crippen LogP contribution in [0.2, 0.25) is 0 Å². The first-order chi connectivity index (χ1) is 12.5. The van der Waals surface area contributed by atoms with E-state index in [1.165, 1.54) is 4.31 Å². The summed E-state index contributed by atoms with van der Waals surface area (Å²) in [7, 11) is -3.56. The monoisotopic (exact) mass is 391 g/mol. The van der Waals surface area contributed by atoms with Gasteiger partial charge >= 0.3 is 0 Å². The molecule has 1 atom stereocenters. The van der Waals surface area contributed by atoms with Gasteiger partial charge in [-0.15, -0.1) is 11.8 Å². The van der Waals surface area contributed by atoms with Crippen LogP contribution in [0.1, 0.15) is 0 Å². The van der Waals surface area contributed by atoms with Crippen molar-refractivity contribution in [1.82, 2.24) is 23.8 Å². The lowest BCUT2D eigenvalue weighted by atomic mass is 10.3. The lowest BCUT2D eigenvalue weighted by Crippen LogP contribution is -2.39. The molecule has 0 radical (unpaired) electrons. The molecule has 1 aliphatic heterocycles. The molecule has 4 N–H and O–H groups in total. The number of hydrogen-bond acceptors (Lipinski definition) is 8. The van der Waals surface area contributed by atoms with E-state index < -0.39 is 10.0 Å². The third kappa shape index (κ3) is 2.87. The number of anilines is 2. The number of hydrogen-bond donors (Lipinski definition) is 2. The first kappa shape index (κ1) is 17.1. The Morgan fingerprint density at radius 1 is 1.19 bits per heavy atom. The van der Waals surface area contributed by atoms with Crippen molar-refractivity contribution in [2.75, 3.05) is 23.1 Å². The third-order valence-electron chi connectivity index (χ3n) is 4.20. The summed E-state index contributed by atoms with van der Waals surface area (Å²) in [6.07, 6.45) is 1.59. The highest BCUT2D eigenvalue weighted by molar-refractivity contribution is 8.00. The van der Waals surface area contributed by atoms with Crippen molar-refractivity contribution in [3.05, 3.63) is 36.7 Å². The van der Waals surface area contributed by atoms with E-state index >= 15 is 0 Å². The normalized spacial score (nSPS) is 18.5. The first-order valence-corrected chi connectivity index (χ1v) is 10.4. The van der Waals surface area contributed by atoms with Crippen LogP contribution in [0, 0.1) is 0 Å². The number of thioether (sulfide) groups is 1. The minimum atomic E-state index is -3.56. The fourth-order valence-electron chi connectivity index (χ4n) is 2.95. The number of imidazole rings is 1. The Morgan fingerprint density at radius 2 is 1.96 bits per heavy atom. The van der Waals surface area contributed by atoms with E-state index in [9.17, 15) is 8.42 Å². The number of nitrogen functional groups attached to an aromatic ring is 2. The Labute approximate surface area is 154 Å². The summed E-state index contributed by atoms with van der Waals surface area (Å²) < 4.78 is 29.2. The molecule has 0 unspecified atom stereocenters. The van der Waals surface area contributed by atoms with E-state index in [2.05, 4.69) is 15.0 Å². The molecule has 0 saturated carbocycles. The molecule has 1 saturated heterocycles. The smallest absolute Gasteiger partial charge is 0.244 e. The molecule has 3 aromatic rings. The molecule has 11 heteroatoms. The zero-order valence-corrected chi connectivity index (χ0v) is 15.3. The molecule has 136 valence electrons. The maximum Gasteiger partial charge on any atom is 0.244 e. The van der Waals surface area contributed by atoms with Crippen molar-refractivity contribution in [1.29, 1.82) is 0 Å². The van der Waals surface area contributed by atoms with Gasteiger partial charge in [-0.3, -0.25) is 0 Å². The Balaban J connectivity index is 1.66. The van der Waals surface area contributed by atoms with Crippen LogP contribution in [0.4, 0.5) is 11.8 Å². The quantitative estimate of drug-likeness (QED) is 0.666. The standard InChI is InChI=1S/C15H17N7O2S2/c16-13-12-14(20-15(17)19-13)21(8-18-12)6-10-7-25-9-22(10)26(23,24)11-4-2-1-3-5-11/h1-5,8,10H,6-7,9H2,(H4,16,17,19,20)/t10-/m0/s1. The van der Waals surface area contributed by atoms with Crippen molar-refractivity contribution < 1.29 is 8.42 Å². The summed E-state index contributed by atoms with van der Waals surface area (Å²) in [5.41, 5.74) is 12.5. The van der Waals surface area contributed by atoms with E-state index in [0.29, 0.717) is 34.2 Å². The van der Waals surface area contributed by atoms with Crippen molar-refractivity contribution >= 4 is 44.7 Å². The van der Waals surface area contributed by atoms with Crippen LogP contribution < -0.4 is 11.5 Å². The molecule has 1 aromatic carbocycles. The van der Waals surface area contributed by atoms with Crippen LogP contribution in [-0.4, -0.2) is 49.9 Å². The van der Waals surface area contributed by atoms with Crippen molar-refractivity contribution in [3.63, 3.8) is 0 Å². The van der Waals surface area contributed by atoms with E-state index in [1.54, 1.807) is 53.0 Å². The minimum Gasteiger partial charge on any atom is -0.382 e. The second kappa shape index (κ2) is 6.41. The van der Waals surface area contributed by atoms with Gasteiger partial charge in [-0.25, -0.2) is 13.4 Å². The number of sulfonamides is 1. The summed E-state index contributed by atoms with van der Waals surface area (Å²) in [6.45, 7) is 0.408. The SMILES string of the molecule is Nc1nc(N)c2ncn(C[C@H]3CSCN3S(=O)(=O)c3ccccc3)c2n1. The van der Waals surface area contributed by atoms with Gasteiger partial charge in [-0.1, -0.05) is 18.2 Å². The Hall–Kier alpha value is -2.37. The summed E-state index contributed by atoms with van der Waals surface area (Å²) in [6, 6.07) is 8.22. The molecule has 0 bridgehead atoms. The van der Waals surface area contributed by atoms with Crippen LogP contribution in [0.3, 0.4) is 0 Å². The molecule has 4 rings (SSSR count). The number of benzene rings is 1. The second-order valence-electron chi connectivity index (χ2n) is 5.90. The van der Waals surface area contributed by atoms with E-state index in [4.69, 9.17) is 11.5 Å². The lowest BCUT2D eigenvalue weighted by molar-refractivity contribution is 0.365. The molecular formula is C15H17N7O2S2. The highest BCUT2D eigenvalue weighted by atomic mass is 32.2. The molecule has 0 amide bonds. The minimum absolute atomic E-state index is 0.0614. The van der Waals surface area contributed by atoms with E-state index in [1.807, 2.05) is 0 Å². The maximum atomic E-state index is 13.0. The number of fused-ring (bicyclic) bond motifs is 1. The molecule has 2 aromatic heterocycles. The van der Waals surface area contributed by atoms with Crippen LogP contribution in [0.5, 0.6) is 0 Å². The average molecular weight is 391 g/mol. The van der Waals surface area contributed by atoms with Crippen molar-refractivity contribution in [3.8, 4) is 0 Å². The first-order valence-electron chi connectivity index (χ1n) is 7.85. The molecule has 0 aliphatic carbocycles. The number of nitrogens with two attached hydrogens (primary N) is 2. The predicted octanol–water partition coefficient (Wildman–Crippen LogP) is 0.754. The molecule has 9 nitrogen and oxygen atoms in total. The Morgan fingerprint density at radius 3 is 2.73 bits per heavy atom.